The van der Waals surface area contributed by atoms with Crippen LogP contribution in [0.15, 0.2) is 48.7 Å². The largest absolute Gasteiger partial charge is 0.373 e. The first-order valence-corrected chi connectivity index (χ1v) is 8.88. The van der Waals surface area contributed by atoms with Crippen LogP contribution in [0.1, 0.15) is 37.4 Å². The molecule has 25 heavy (non-hydrogen) atoms. The first-order valence-electron chi connectivity index (χ1n) is 8.88. The molecule has 2 aliphatic carbocycles. The van der Waals surface area contributed by atoms with Gasteiger partial charge in [0.15, 0.2) is 0 Å². The van der Waals surface area contributed by atoms with E-state index in [1.165, 1.54) is 23.3 Å². The summed E-state index contributed by atoms with van der Waals surface area (Å²) in [5.41, 5.74) is 4.68. The number of rotatable bonds is 4. The monoisotopic (exact) mass is 338 g/mol. The maximum Gasteiger partial charge on any atom is 0.123 e. The number of hydrogen-bond acceptors (Lipinski definition) is 2. The summed E-state index contributed by atoms with van der Waals surface area (Å²) in [4.78, 5) is 0. The minimum atomic E-state index is -0.231. The fourth-order valence-electron chi connectivity index (χ4n) is 4.24. The highest BCUT2D eigenvalue weighted by molar-refractivity contribution is 5.61. The molecule has 0 N–H and O–H groups in total. The molecule has 2 unspecified atom stereocenters. The molecule has 1 saturated carbocycles. The fraction of sp³-hybridized carbons (Fsp3) is 0.381. The summed E-state index contributed by atoms with van der Waals surface area (Å²) in [6, 6.07) is 6.49. The standard InChI is InChI=1S/C21H23FN2O/c1-3-11-25-20-6-4-5-16-12-19-15(13-21(16,20)2)14-23-24(19)18-9-7-17(22)8-10-18/h3,7-10,12,14,20H,1,4-6,11,13H2,2H3. The Bertz CT molecular complexity index is 821. The molecular formula is C21H23FN2O. The van der Waals surface area contributed by atoms with Gasteiger partial charge in [-0.3, -0.25) is 0 Å². The van der Waals surface area contributed by atoms with E-state index in [1.807, 2.05) is 17.0 Å². The third kappa shape index (κ3) is 2.74. The summed E-state index contributed by atoms with van der Waals surface area (Å²) in [7, 11) is 0. The van der Waals surface area contributed by atoms with Crippen LogP contribution in [0, 0.1) is 11.2 Å². The number of ether oxygens (including phenoxy) is 1. The van der Waals surface area contributed by atoms with Crippen molar-refractivity contribution in [1.82, 2.24) is 9.78 Å². The molecule has 2 atom stereocenters. The Balaban J connectivity index is 1.72. The molecular weight excluding hydrogens is 315 g/mol. The molecule has 2 aromatic rings. The van der Waals surface area contributed by atoms with Crippen molar-refractivity contribution in [1.29, 1.82) is 0 Å². The Labute approximate surface area is 147 Å². The molecule has 2 aliphatic rings. The van der Waals surface area contributed by atoms with Crippen LogP contribution in [-0.4, -0.2) is 22.5 Å². The molecule has 3 nitrogen and oxygen atoms in total. The predicted molar refractivity (Wildman–Crippen MR) is 97.1 cm³/mol. The van der Waals surface area contributed by atoms with E-state index in [-0.39, 0.29) is 17.3 Å². The zero-order chi connectivity index (χ0) is 17.4. The van der Waals surface area contributed by atoms with Gasteiger partial charge in [0.05, 0.1) is 30.3 Å². The summed E-state index contributed by atoms with van der Waals surface area (Å²) in [5, 5.41) is 4.57. The van der Waals surface area contributed by atoms with Gasteiger partial charge in [-0.1, -0.05) is 18.6 Å². The number of nitrogens with zero attached hydrogens (tertiary/aromatic N) is 2. The first-order chi connectivity index (χ1) is 12.1. The van der Waals surface area contributed by atoms with Crippen LogP contribution in [0.3, 0.4) is 0 Å². The lowest BCUT2D eigenvalue weighted by Crippen LogP contribution is -2.42. The molecule has 1 aromatic heterocycles. The van der Waals surface area contributed by atoms with Gasteiger partial charge in [0.1, 0.15) is 5.82 Å². The topological polar surface area (TPSA) is 27.1 Å². The molecule has 1 aromatic carbocycles. The van der Waals surface area contributed by atoms with E-state index in [1.54, 1.807) is 12.1 Å². The van der Waals surface area contributed by atoms with Crippen molar-refractivity contribution < 1.29 is 9.13 Å². The minimum Gasteiger partial charge on any atom is -0.373 e. The van der Waals surface area contributed by atoms with Crippen LogP contribution in [0.25, 0.3) is 11.8 Å². The normalized spacial score (nSPS) is 25.0. The van der Waals surface area contributed by atoms with Crippen LogP contribution in [0.5, 0.6) is 0 Å². The third-order valence-corrected chi connectivity index (χ3v) is 5.60. The molecule has 1 fully saturated rings. The van der Waals surface area contributed by atoms with Gasteiger partial charge >= 0.3 is 0 Å². The van der Waals surface area contributed by atoms with Gasteiger partial charge in [-0.2, -0.15) is 5.10 Å². The number of benzene rings is 1. The molecule has 130 valence electrons. The molecule has 0 radical (unpaired) electrons. The van der Waals surface area contributed by atoms with Crippen LogP contribution >= 0.6 is 0 Å². The molecule has 1 heterocycles. The summed E-state index contributed by atoms with van der Waals surface area (Å²) in [5.74, 6) is -0.231. The van der Waals surface area contributed by atoms with Gasteiger partial charge in [0.25, 0.3) is 0 Å². The van der Waals surface area contributed by atoms with E-state index in [2.05, 4.69) is 24.7 Å². The van der Waals surface area contributed by atoms with Crippen molar-refractivity contribution in [2.24, 2.45) is 5.41 Å². The Morgan fingerprint density at radius 1 is 1.40 bits per heavy atom. The van der Waals surface area contributed by atoms with Crippen molar-refractivity contribution in [2.75, 3.05) is 6.61 Å². The van der Waals surface area contributed by atoms with Crippen LogP contribution in [-0.2, 0) is 11.2 Å². The second-order valence-electron chi connectivity index (χ2n) is 7.21. The van der Waals surface area contributed by atoms with Crippen molar-refractivity contribution >= 4 is 6.08 Å². The number of halogens is 1. The summed E-state index contributed by atoms with van der Waals surface area (Å²) in [6.07, 6.45) is 10.5. The highest BCUT2D eigenvalue weighted by Gasteiger charge is 2.44. The molecule has 4 rings (SSSR count). The second kappa shape index (κ2) is 6.26. The zero-order valence-electron chi connectivity index (χ0n) is 14.5. The quantitative estimate of drug-likeness (QED) is 0.755. The lowest BCUT2D eigenvalue weighted by atomic mass is 9.64. The van der Waals surface area contributed by atoms with Crippen molar-refractivity contribution in [3.8, 4) is 5.69 Å². The van der Waals surface area contributed by atoms with E-state index in [0.29, 0.717) is 6.61 Å². The van der Waals surface area contributed by atoms with Crippen LogP contribution < -0.4 is 0 Å². The highest BCUT2D eigenvalue weighted by atomic mass is 19.1. The molecule has 0 aliphatic heterocycles. The number of fused-ring (bicyclic) bond motifs is 2. The molecule has 0 amide bonds. The van der Waals surface area contributed by atoms with Gasteiger partial charge in [-0.25, -0.2) is 9.07 Å². The van der Waals surface area contributed by atoms with E-state index in [0.717, 1.165) is 37.1 Å². The molecule has 0 spiro atoms. The Morgan fingerprint density at radius 3 is 2.96 bits per heavy atom. The first kappa shape index (κ1) is 16.3. The lowest BCUT2D eigenvalue weighted by Gasteiger charge is -2.45. The van der Waals surface area contributed by atoms with E-state index in [4.69, 9.17) is 4.74 Å². The summed E-state index contributed by atoms with van der Waals surface area (Å²) < 4.78 is 21.2. The molecule has 4 heteroatoms. The lowest BCUT2D eigenvalue weighted by molar-refractivity contribution is -0.0218. The predicted octanol–water partition coefficient (Wildman–Crippen LogP) is 4.71. The zero-order valence-corrected chi connectivity index (χ0v) is 14.5. The van der Waals surface area contributed by atoms with Crippen LogP contribution in [0.4, 0.5) is 4.39 Å². The maximum absolute atomic E-state index is 13.2. The van der Waals surface area contributed by atoms with E-state index < -0.39 is 0 Å². The summed E-state index contributed by atoms with van der Waals surface area (Å²) >= 11 is 0. The number of aromatic nitrogens is 2. The van der Waals surface area contributed by atoms with Crippen molar-refractivity contribution in [3.05, 3.63) is 65.8 Å². The Hall–Kier alpha value is -2.20. The second-order valence-corrected chi connectivity index (χ2v) is 7.21. The van der Waals surface area contributed by atoms with Gasteiger partial charge in [-0.05, 0) is 61.6 Å². The van der Waals surface area contributed by atoms with Crippen molar-refractivity contribution in [2.45, 2.75) is 38.7 Å². The average Bonchev–Trinajstić information content (AvgIpc) is 3.00. The van der Waals surface area contributed by atoms with Crippen LogP contribution in [0.2, 0.25) is 0 Å². The highest BCUT2D eigenvalue weighted by Crippen LogP contribution is 2.49. The third-order valence-electron chi connectivity index (χ3n) is 5.60. The number of hydrogen-bond donors (Lipinski definition) is 0. The average molecular weight is 338 g/mol. The van der Waals surface area contributed by atoms with E-state index in [9.17, 15) is 4.39 Å². The van der Waals surface area contributed by atoms with Gasteiger partial charge in [0, 0.05) is 5.41 Å². The summed E-state index contributed by atoms with van der Waals surface area (Å²) in [6.45, 7) is 6.67. The Morgan fingerprint density at radius 2 is 2.20 bits per heavy atom. The SMILES string of the molecule is C=CCOC1CCCC2=Cc3c(cnn3-c3ccc(F)cc3)CC21C. The fourth-order valence-corrected chi connectivity index (χ4v) is 4.24. The van der Waals surface area contributed by atoms with Crippen molar-refractivity contribution in [3.63, 3.8) is 0 Å². The van der Waals surface area contributed by atoms with Gasteiger partial charge in [0.2, 0.25) is 0 Å². The smallest absolute Gasteiger partial charge is 0.123 e. The maximum atomic E-state index is 13.2. The van der Waals surface area contributed by atoms with Gasteiger partial charge in [-0.15, -0.1) is 6.58 Å². The Kier molecular flexibility index (Phi) is 4.08. The van der Waals surface area contributed by atoms with E-state index >= 15 is 0 Å². The van der Waals surface area contributed by atoms with Gasteiger partial charge < -0.3 is 4.74 Å². The molecule has 0 bridgehead atoms. The molecule has 0 saturated heterocycles. The minimum absolute atomic E-state index is 0.0188.